The van der Waals surface area contributed by atoms with E-state index in [0.717, 1.165) is 8.95 Å². The molecule has 0 aromatic heterocycles. The molecule has 0 aliphatic heterocycles. The molecule has 110 valence electrons. The van der Waals surface area contributed by atoms with Crippen molar-refractivity contribution in [3.63, 3.8) is 0 Å². The van der Waals surface area contributed by atoms with E-state index >= 15 is 0 Å². The summed E-state index contributed by atoms with van der Waals surface area (Å²) in [6.45, 7) is 0. The average molecular weight is 422 g/mol. The number of rotatable bonds is 4. The van der Waals surface area contributed by atoms with Gasteiger partial charge in [-0.25, -0.2) is 0 Å². The van der Waals surface area contributed by atoms with Crippen molar-refractivity contribution < 1.29 is 9.59 Å². The maximum Gasteiger partial charge on any atom is 0.249 e. The zero-order valence-electron chi connectivity index (χ0n) is 11.2. The fourth-order valence-corrected chi connectivity index (χ4v) is 2.29. The zero-order chi connectivity index (χ0) is 16.1. The van der Waals surface area contributed by atoms with Gasteiger partial charge in [0.05, 0.1) is 6.07 Å². The quantitative estimate of drug-likeness (QED) is 0.594. The highest BCUT2D eigenvalue weighted by Crippen LogP contribution is 2.17. The maximum absolute atomic E-state index is 12.3. The van der Waals surface area contributed by atoms with Gasteiger partial charge in [0, 0.05) is 20.2 Å². The van der Waals surface area contributed by atoms with Crippen LogP contribution < -0.4 is 5.32 Å². The van der Waals surface area contributed by atoms with Crippen molar-refractivity contribution in [3.05, 3.63) is 63.0 Å². The number of hydrogen-bond donors (Lipinski definition) is 1. The molecule has 0 saturated carbocycles. The molecular weight excluding hydrogens is 412 g/mol. The minimum absolute atomic E-state index is 0.320. The van der Waals surface area contributed by atoms with Crippen molar-refractivity contribution in [1.82, 2.24) is 0 Å². The van der Waals surface area contributed by atoms with E-state index in [2.05, 4.69) is 37.2 Å². The van der Waals surface area contributed by atoms with Crippen LogP contribution in [0, 0.1) is 17.2 Å². The van der Waals surface area contributed by atoms with E-state index in [1.165, 1.54) is 0 Å². The first kappa shape index (κ1) is 16.4. The number of benzene rings is 2. The summed E-state index contributed by atoms with van der Waals surface area (Å²) >= 11 is 6.56. The molecule has 2 rings (SSSR count). The van der Waals surface area contributed by atoms with Gasteiger partial charge in [-0.15, -0.1) is 0 Å². The van der Waals surface area contributed by atoms with E-state index in [4.69, 9.17) is 5.26 Å². The zero-order valence-corrected chi connectivity index (χ0v) is 14.4. The summed E-state index contributed by atoms with van der Waals surface area (Å²) in [6.07, 6.45) is 0. The van der Waals surface area contributed by atoms with Crippen LogP contribution in [0.15, 0.2) is 57.5 Å². The lowest BCUT2D eigenvalue weighted by Crippen LogP contribution is -2.28. The van der Waals surface area contributed by atoms with Crippen LogP contribution in [0.4, 0.5) is 5.69 Å². The summed E-state index contributed by atoms with van der Waals surface area (Å²) < 4.78 is 1.69. The van der Waals surface area contributed by atoms with E-state index in [1.54, 1.807) is 54.6 Å². The Balaban J connectivity index is 2.15. The largest absolute Gasteiger partial charge is 0.325 e. The molecule has 1 unspecified atom stereocenters. The van der Waals surface area contributed by atoms with Crippen LogP contribution in [-0.2, 0) is 4.79 Å². The highest BCUT2D eigenvalue weighted by molar-refractivity contribution is 9.10. The molecule has 0 saturated heterocycles. The van der Waals surface area contributed by atoms with Crippen molar-refractivity contribution in [2.75, 3.05) is 5.32 Å². The van der Waals surface area contributed by atoms with Crippen LogP contribution in [0.25, 0.3) is 0 Å². The highest BCUT2D eigenvalue weighted by Gasteiger charge is 2.27. The molecule has 0 aliphatic carbocycles. The Hall–Kier alpha value is -1.97. The predicted octanol–water partition coefficient (Wildman–Crippen LogP) is 4.17. The Labute approximate surface area is 144 Å². The molecule has 6 heteroatoms. The van der Waals surface area contributed by atoms with E-state index in [1.807, 2.05) is 0 Å². The summed E-state index contributed by atoms with van der Waals surface area (Å²) in [6, 6.07) is 15.2. The number of Topliss-reactive ketones (excluding diaryl/α,β-unsaturated/α-hetero) is 1. The number of hydrogen-bond acceptors (Lipinski definition) is 3. The van der Waals surface area contributed by atoms with Gasteiger partial charge in [-0.1, -0.05) is 44.0 Å². The molecule has 0 aliphatic rings. The van der Waals surface area contributed by atoms with Crippen molar-refractivity contribution in [1.29, 1.82) is 5.26 Å². The van der Waals surface area contributed by atoms with Crippen molar-refractivity contribution in [2.24, 2.45) is 5.92 Å². The van der Waals surface area contributed by atoms with Crippen LogP contribution in [0.3, 0.4) is 0 Å². The van der Waals surface area contributed by atoms with Crippen LogP contribution in [0.2, 0.25) is 0 Å². The Bertz CT molecular complexity index is 734. The monoisotopic (exact) mass is 420 g/mol. The van der Waals surface area contributed by atoms with Crippen LogP contribution in [0.1, 0.15) is 10.4 Å². The highest BCUT2D eigenvalue weighted by atomic mass is 79.9. The number of halogens is 2. The minimum Gasteiger partial charge on any atom is -0.325 e. The molecule has 0 spiro atoms. The Morgan fingerprint density at radius 3 is 1.95 bits per heavy atom. The summed E-state index contributed by atoms with van der Waals surface area (Å²) in [5, 5.41) is 11.7. The number of nitriles is 1. The lowest BCUT2D eigenvalue weighted by Gasteiger charge is -2.10. The second-order valence-electron chi connectivity index (χ2n) is 4.43. The fraction of sp³-hybridized carbons (Fsp3) is 0.0625. The number of carbonyl (C=O) groups excluding carboxylic acids is 2. The lowest BCUT2D eigenvalue weighted by atomic mass is 9.98. The first-order chi connectivity index (χ1) is 10.5. The first-order valence-electron chi connectivity index (χ1n) is 6.27. The van der Waals surface area contributed by atoms with Gasteiger partial charge in [-0.05, 0) is 36.4 Å². The fourth-order valence-electron chi connectivity index (χ4n) is 1.76. The first-order valence-corrected chi connectivity index (χ1v) is 7.85. The molecule has 4 nitrogen and oxygen atoms in total. The molecule has 0 bridgehead atoms. The molecule has 1 atom stereocenters. The summed E-state index contributed by atoms with van der Waals surface area (Å²) in [4.78, 5) is 24.4. The van der Waals surface area contributed by atoms with Gasteiger partial charge in [-0.3, -0.25) is 9.59 Å². The molecular formula is C16H10Br2N2O2. The number of anilines is 1. The van der Waals surface area contributed by atoms with Gasteiger partial charge in [0.1, 0.15) is 0 Å². The van der Waals surface area contributed by atoms with E-state index in [-0.39, 0.29) is 0 Å². The molecule has 0 heterocycles. The van der Waals surface area contributed by atoms with Gasteiger partial charge in [0.25, 0.3) is 0 Å². The number of carbonyl (C=O) groups is 2. The minimum atomic E-state index is -1.38. The molecule has 1 N–H and O–H groups in total. The number of ketones is 1. The Morgan fingerprint density at radius 2 is 1.45 bits per heavy atom. The maximum atomic E-state index is 12.3. The normalized spacial score (nSPS) is 11.3. The Morgan fingerprint density at radius 1 is 0.955 bits per heavy atom. The summed E-state index contributed by atoms with van der Waals surface area (Å²) in [7, 11) is 0. The molecule has 1 amide bonds. The van der Waals surface area contributed by atoms with E-state index < -0.39 is 17.6 Å². The molecule has 2 aromatic rings. The van der Waals surface area contributed by atoms with Crippen molar-refractivity contribution in [3.8, 4) is 6.07 Å². The lowest BCUT2D eigenvalue weighted by molar-refractivity contribution is -0.117. The van der Waals surface area contributed by atoms with Gasteiger partial charge in [-0.2, -0.15) is 5.26 Å². The van der Waals surface area contributed by atoms with Crippen molar-refractivity contribution >= 4 is 49.2 Å². The van der Waals surface area contributed by atoms with Crippen LogP contribution in [-0.4, -0.2) is 11.7 Å². The van der Waals surface area contributed by atoms with E-state index in [0.29, 0.717) is 11.3 Å². The van der Waals surface area contributed by atoms with Gasteiger partial charge in [0.15, 0.2) is 11.7 Å². The second kappa shape index (κ2) is 7.34. The third-order valence-electron chi connectivity index (χ3n) is 2.89. The second-order valence-corrected chi connectivity index (χ2v) is 6.26. The van der Waals surface area contributed by atoms with Crippen LogP contribution in [0.5, 0.6) is 0 Å². The number of amides is 1. The smallest absolute Gasteiger partial charge is 0.249 e. The van der Waals surface area contributed by atoms with Gasteiger partial charge >= 0.3 is 0 Å². The van der Waals surface area contributed by atoms with Crippen molar-refractivity contribution in [2.45, 2.75) is 0 Å². The van der Waals surface area contributed by atoms with Gasteiger partial charge in [0.2, 0.25) is 5.91 Å². The third kappa shape index (κ3) is 4.03. The van der Waals surface area contributed by atoms with E-state index in [9.17, 15) is 9.59 Å². The number of nitrogens with one attached hydrogen (secondary N) is 1. The molecule has 2 aromatic carbocycles. The average Bonchev–Trinajstić information content (AvgIpc) is 2.51. The third-order valence-corrected chi connectivity index (χ3v) is 3.95. The standard InChI is InChI=1S/C16H10Br2N2O2/c17-11-3-1-10(2-4-11)15(21)14(9-19)16(22)20-13-7-5-12(18)6-8-13/h1-8,14H,(H,20,22). The number of nitrogens with zero attached hydrogens (tertiary/aromatic N) is 1. The molecule has 22 heavy (non-hydrogen) atoms. The molecule has 0 radical (unpaired) electrons. The molecule has 0 fully saturated rings. The Kier molecular flexibility index (Phi) is 5.47. The summed E-state index contributed by atoms with van der Waals surface area (Å²) in [5.74, 6) is -2.55. The van der Waals surface area contributed by atoms with Gasteiger partial charge < -0.3 is 5.32 Å². The SMILES string of the molecule is N#CC(C(=O)Nc1ccc(Br)cc1)C(=O)c1ccc(Br)cc1. The predicted molar refractivity (Wildman–Crippen MR) is 90.3 cm³/mol. The topological polar surface area (TPSA) is 70.0 Å². The van der Waals surface area contributed by atoms with Crippen LogP contribution >= 0.6 is 31.9 Å². The summed E-state index contributed by atoms with van der Waals surface area (Å²) in [5.41, 5.74) is 0.845.